The third kappa shape index (κ3) is 2.97. The molecule has 1 saturated heterocycles. The molecule has 0 spiro atoms. The third-order valence-corrected chi connectivity index (χ3v) is 4.82. The standard InChI is InChI=1S/C14H17ClF3N3/c15-12-4-10(14(16,17)18)5-20-13(12)21-6-8-1-2-11(19)3-9(8)7-21/h4-5,8-9,11H,1-3,6-7,19H2/t8-,9+,11?/m1/s1. The number of nitrogens with zero attached hydrogens (tertiary/aromatic N) is 2. The Hall–Kier alpha value is -1.01. The van der Waals surface area contributed by atoms with Crippen LogP contribution < -0.4 is 10.6 Å². The first-order chi connectivity index (χ1) is 9.84. The highest BCUT2D eigenvalue weighted by atomic mass is 35.5. The van der Waals surface area contributed by atoms with E-state index in [-0.39, 0.29) is 11.1 Å². The van der Waals surface area contributed by atoms with Crippen molar-refractivity contribution in [3.63, 3.8) is 0 Å². The number of anilines is 1. The summed E-state index contributed by atoms with van der Waals surface area (Å²) in [4.78, 5) is 5.94. The minimum atomic E-state index is -4.42. The highest BCUT2D eigenvalue weighted by Crippen LogP contribution is 2.40. The maximum absolute atomic E-state index is 12.6. The van der Waals surface area contributed by atoms with Crippen molar-refractivity contribution in [2.75, 3.05) is 18.0 Å². The summed E-state index contributed by atoms with van der Waals surface area (Å²) in [6.45, 7) is 1.58. The lowest BCUT2D eigenvalue weighted by Crippen LogP contribution is -2.32. The molecule has 1 unspecified atom stereocenters. The molecule has 116 valence electrons. The molecule has 1 aliphatic carbocycles. The Labute approximate surface area is 126 Å². The van der Waals surface area contributed by atoms with Gasteiger partial charge in [0.2, 0.25) is 0 Å². The first-order valence-corrected chi connectivity index (χ1v) is 7.45. The van der Waals surface area contributed by atoms with E-state index in [1.165, 1.54) is 0 Å². The lowest BCUT2D eigenvalue weighted by Gasteiger charge is -2.27. The fourth-order valence-corrected chi connectivity index (χ4v) is 3.74. The van der Waals surface area contributed by atoms with Gasteiger partial charge in [-0.05, 0) is 37.2 Å². The number of pyridine rings is 1. The van der Waals surface area contributed by atoms with E-state index >= 15 is 0 Å². The van der Waals surface area contributed by atoms with E-state index in [0.717, 1.165) is 44.6 Å². The molecule has 2 heterocycles. The molecule has 0 radical (unpaired) electrons. The third-order valence-electron chi connectivity index (χ3n) is 4.54. The smallest absolute Gasteiger partial charge is 0.355 e. The van der Waals surface area contributed by atoms with Crippen LogP contribution in [0.4, 0.5) is 19.0 Å². The lowest BCUT2D eigenvalue weighted by atomic mass is 9.79. The van der Waals surface area contributed by atoms with Gasteiger partial charge >= 0.3 is 6.18 Å². The van der Waals surface area contributed by atoms with Gasteiger partial charge in [-0.3, -0.25) is 0 Å². The normalized spacial score (nSPS) is 29.6. The van der Waals surface area contributed by atoms with Crippen molar-refractivity contribution >= 4 is 17.4 Å². The van der Waals surface area contributed by atoms with Gasteiger partial charge in [0.05, 0.1) is 10.6 Å². The van der Waals surface area contributed by atoms with Gasteiger partial charge in [0, 0.05) is 25.3 Å². The zero-order chi connectivity index (χ0) is 15.2. The quantitative estimate of drug-likeness (QED) is 0.863. The first-order valence-electron chi connectivity index (χ1n) is 7.08. The molecule has 0 bridgehead atoms. The van der Waals surface area contributed by atoms with Crippen molar-refractivity contribution in [3.05, 3.63) is 22.8 Å². The fourth-order valence-electron chi connectivity index (χ4n) is 3.46. The van der Waals surface area contributed by atoms with Crippen LogP contribution in [0.15, 0.2) is 12.3 Å². The molecule has 0 aromatic carbocycles. The Balaban J connectivity index is 1.79. The second kappa shape index (κ2) is 5.32. The highest BCUT2D eigenvalue weighted by molar-refractivity contribution is 6.33. The molecule has 2 aliphatic rings. The number of halogens is 4. The summed E-state index contributed by atoms with van der Waals surface area (Å²) in [7, 11) is 0. The van der Waals surface area contributed by atoms with Crippen LogP contribution in [0, 0.1) is 11.8 Å². The van der Waals surface area contributed by atoms with Gasteiger partial charge in [0.25, 0.3) is 0 Å². The van der Waals surface area contributed by atoms with Gasteiger partial charge in [-0.2, -0.15) is 13.2 Å². The summed E-state index contributed by atoms with van der Waals surface area (Å²) in [5.74, 6) is 1.49. The van der Waals surface area contributed by atoms with Gasteiger partial charge in [0.15, 0.2) is 0 Å². The molecule has 1 aromatic rings. The summed E-state index contributed by atoms with van der Waals surface area (Å²) in [6, 6.07) is 1.19. The summed E-state index contributed by atoms with van der Waals surface area (Å²) < 4.78 is 37.9. The number of fused-ring (bicyclic) bond motifs is 1. The molecule has 1 aliphatic heterocycles. The molecule has 2 N–H and O–H groups in total. The molecule has 3 rings (SSSR count). The van der Waals surface area contributed by atoms with E-state index in [2.05, 4.69) is 4.98 Å². The Morgan fingerprint density at radius 3 is 2.62 bits per heavy atom. The van der Waals surface area contributed by atoms with Crippen LogP contribution in [0.25, 0.3) is 0 Å². The molecule has 0 amide bonds. The monoisotopic (exact) mass is 319 g/mol. The van der Waals surface area contributed by atoms with Crippen LogP contribution in [0.3, 0.4) is 0 Å². The fraction of sp³-hybridized carbons (Fsp3) is 0.643. The number of hydrogen-bond acceptors (Lipinski definition) is 3. The summed E-state index contributed by atoms with van der Waals surface area (Å²) in [5, 5.41) is 0.0628. The van der Waals surface area contributed by atoms with E-state index in [9.17, 15) is 13.2 Å². The maximum atomic E-state index is 12.6. The van der Waals surface area contributed by atoms with E-state index in [0.29, 0.717) is 17.7 Å². The molecule has 2 fully saturated rings. The second-order valence-corrected chi connectivity index (χ2v) is 6.43. The number of nitrogens with two attached hydrogens (primary N) is 1. The zero-order valence-electron chi connectivity index (χ0n) is 11.4. The van der Waals surface area contributed by atoms with Gasteiger partial charge in [-0.25, -0.2) is 4.98 Å². The van der Waals surface area contributed by atoms with Crippen LogP contribution in [0.5, 0.6) is 0 Å². The van der Waals surface area contributed by atoms with E-state index < -0.39 is 11.7 Å². The van der Waals surface area contributed by atoms with Gasteiger partial charge < -0.3 is 10.6 Å². The largest absolute Gasteiger partial charge is 0.417 e. The van der Waals surface area contributed by atoms with E-state index in [1.54, 1.807) is 0 Å². The number of alkyl halides is 3. The van der Waals surface area contributed by atoms with Crippen LogP contribution in [-0.4, -0.2) is 24.1 Å². The molecule has 21 heavy (non-hydrogen) atoms. The summed E-state index contributed by atoms with van der Waals surface area (Å²) >= 11 is 6.01. The molecule has 7 heteroatoms. The molecule has 1 saturated carbocycles. The predicted octanol–water partition coefficient (Wildman–Crippen LogP) is 3.32. The zero-order valence-corrected chi connectivity index (χ0v) is 12.2. The minimum absolute atomic E-state index is 0.0628. The Morgan fingerprint density at radius 1 is 1.24 bits per heavy atom. The second-order valence-electron chi connectivity index (χ2n) is 6.03. The minimum Gasteiger partial charge on any atom is -0.355 e. The van der Waals surface area contributed by atoms with Crippen LogP contribution in [-0.2, 0) is 6.18 Å². The van der Waals surface area contributed by atoms with Crippen molar-refractivity contribution < 1.29 is 13.2 Å². The Kier molecular flexibility index (Phi) is 3.78. The van der Waals surface area contributed by atoms with Gasteiger partial charge in [-0.15, -0.1) is 0 Å². The number of aromatic nitrogens is 1. The first kappa shape index (κ1) is 14.9. The highest BCUT2D eigenvalue weighted by Gasteiger charge is 2.38. The molecule has 3 atom stereocenters. The van der Waals surface area contributed by atoms with Crippen LogP contribution in [0.1, 0.15) is 24.8 Å². The van der Waals surface area contributed by atoms with Crippen LogP contribution in [0.2, 0.25) is 5.02 Å². The SMILES string of the molecule is NC1CC[C@@H]2CN(c3ncc(C(F)(F)F)cc3Cl)C[C@@H]2C1. The van der Waals surface area contributed by atoms with Crippen LogP contribution >= 0.6 is 11.6 Å². The topological polar surface area (TPSA) is 42.1 Å². The number of hydrogen-bond donors (Lipinski definition) is 1. The van der Waals surface area contributed by atoms with Crippen molar-refractivity contribution in [2.45, 2.75) is 31.5 Å². The summed E-state index contributed by atoms with van der Waals surface area (Å²) in [5.41, 5.74) is 5.18. The lowest BCUT2D eigenvalue weighted by molar-refractivity contribution is -0.137. The molecular formula is C14H17ClF3N3. The van der Waals surface area contributed by atoms with E-state index in [1.807, 2.05) is 4.90 Å². The summed E-state index contributed by atoms with van der Waals surface area (Å²) in [6.07, 6.45) is -0.501. The average Bonchev–Trinajstić information content (AvgIpc) is 2.80. The Morgan fingerprint density at radius 2 is 1.95 bits per heavy atom. The van der Waals surface area contributed by atoms with Crippen molar-refractivity contribution in [2.24, 2.45) is 17.6 Å². The average molecular weight is 320 g/mol. The van der Waals surface area contributed by atoms with Gasteiger partial charge in [0.1, 0.15) is 5.82 Å². The van der Waals surface area contributed by atoms with Crippen molar-refractivity contribution in [1.82, 2.24) is 4.98 Å². The molecular weight excluding hydrogens is 303 g/mol. The number of rotatable bonds is 1. The Bertz CT molecular complexity index is 535. The van der Waals surface area contributed by atoms with E-state index in [4.69, 9.17) is 17.3 Å². The van der Waals surface area contributed by atoms with Gasteiger partial charge in [-0.1, -0.05) is 11.6 Å². The molecule has 3 nitrogen and oxygen atoms in total. The molecule has 1 aromatic heterocycles. The maximum Gasteiger partial charge on any atom is 0.417 e. The van der Waals surface area contributed by atoms with Crippen molar-refractivity contribution in [3.8, 4) is 0 Å². The predicted molar refractivity (Wildman–Crippen MR) is 75.3 cm³/mol. The van der Waals surface area contributed by atoms with Crippen molar-refractivity contribution in [1.29, 1.82) is 0 Å².